The molecule has 1 aliphatic rings. The number of halogens is 1. The van der Waals surface area contributed by atoms with Crippen LogP contribution in [0.3, 0.4) is 0 Å². The largest absolute Gasteiger partial charge is 1.00 e. The Kier molecular flexibility index (Phi) is 8.92. The SMILES string of the molecule is COc1cc(OC)cc(C(O)C[NH+]2CCC(O)(c3ccccc3)C(C(=O)c3ccccc3)C2)c1.[Cl-]. The van der Waals surface area contributed by atoms with Crippen molar-refractivity contribution in [3.8, 4) is 11.5 Å². The number of carbonyl (C=O) groups excluding carboxylic acids is 1. The lowest BCUT2D eigenvalue weighted by Crippen LogP contribution is -3.15. The van der Waals surface area contributed by atoms with E-state index in [4.69, 9.17) is 9.47 Å². The summed E-state index contributed by atoms with van der Waals surface area (Å²) in [4.78, 5) is 14.6. The van der Waals surface area contributed by atoms with Gasteiger partial charge in [-0.3, -0.25) is 4.79 Å². The van der Waals surface area contributed by atoms with Crippen molar-refractivity contribution in [2.24, 2.45) is 5.92 Å². The Labute approximate surface area is 212 Å². The minimum atomic E-state index is -1.26. The van der Waals surface area contributed by atoms with E-state index in [9.17, 15) is 15.0 Å². The first kappa shape index (κ1) is 26.7. The standard InChI is InChI=1S/C28H31NO5.ClH/c1-33-23-15-21(16-24(17-23)34-2)26(30)19-29-14-13-28(32,22-11-7-4-8-12-22)25(18-29)27(31)20-9-5-3-6-10-20;/h3-12,15-17,25-26,30,32H,13-14,18-19H2,1-2H3;1H. The van der Waals surface area contributed by atoms with Crippen LogP contribution in [0, 0.1) is 5.92 Å². The van der Waals surface area contributed by atoms with Crippen LogP contribution in [0.25, 0.3) is 0 Å². The molecule has 0 spiro atoms. The van der Waals surface area contributed by atoms with E-state index >= 15 is 0 Å². The van der Waals surface area contributed by atoms with E-state index in [1.54, 1.807) is 44.6 Å². The summed E-state index contributed by atoms with van der Waals surface area (Å²) in [6.45, 7) is 1.44. The molecule has 35 heavy (non-hydrogen) atoms. The van der Waals surface area contributed by atoms with Crippen molar-refractivity contribution in [2.75, 3.05) is 33.9 Å². The van der Waals surface area contributed by atoms with Gasteiger partial charge in [0.1, 0.15) is 35.7 Å². The summed E-state index contributed by atoms with van der Waals surface area (Å²) in [6.07, 6.45) is -0.349. The number of ether oxygens (including phenoxy) is 2. The third-order valence-electron chi connectivity index (χ3n) is 6.82. The van der Waals surface area contributed by atoms with Crippen molar-refractivity contribution >= 4 is 5.78 Å². The quantitative estimate of drug-likeness (QED) is 0.363. The Morgan fingerprint density at radius 1 is 1.00 bits per heavy atom. The summed E-state index contributed by atoms with van der Waals surface area (Å²) in [5.74, 6) is 0.505. The maximum atomic E-state index is 13.6. The number of aliphatic hydroxyl groups is 2. The average Bonchev–Trinajstić information content (AvgIpc) is 2.90. The van der Waals surface area contributed by atoms with Gasteiger partial charge in [0, 0.05) is 18.1 Å². The molecule has 0 saturated carbocycles. The van der Waals surface area contributed by atoms with Gasteiger partial charge in [0.25, 0.3) is 0 Å². The number of ketones is 1. The van der Waals surface area contributed by atoms with Crippen LogP contribution in [0.1, 0.15) is 34.0 Å². The molecule has 4 rings (SSSR count). The molecule has 3 aromatic rings. The highest BCUT2D eigenvalue weighted by Crippen LogP contribution is 2.36. The molecule has 186 valence electrons. The zero-order valence-electron chi connectivity index (χ0n) is 20.0. The number of piperidine rings is 1. The number of likely N-dealkylation sites (tertiary alicyclic amines) is 1. The van der Waals surface area contributed by atoms with Gasteiger partial charge >= 0.3 is 0 Å². The second-order valence-electron chi connectivity index (χ2n) is 8.89. The van der Waals surface area contributed by atoms with Crippen LogP contribution >= 0.6 is 0 Å². The Hall–Kier alpha value is -2.90. The molecular weight excluding hydrogens is 466 g/mol. The normalized spacial score (nSPS) is 22.5. The second-order valence-corrected chi connectivity index (χ2v) is 8.89. The highest BCUT2D eigenvalue weighted by molar-refractivity contribution is 5.98. The number of Topliss-reactive ketones (excluding diaryl/α,β-unsaturated/α-hetero) is 1. The average molecular weight is 498 g/mol. The third-order valence-corrected chi connectivity index (χ3v) is 6.82. The van der Waals surface area contributed by atoms with Crippen LogP contribution in [0.4, 0.5) is 0 Å². The lowest BCUT2D eigenvalue weighted by atomic mass is 9.72. The van der Waals surface area contributed by atoms with E-state index in [1.165, 1.54) is 0 Å². The maximum absolute atomic E-state index is 13.6. The van der Waals surface area contributed by atoms with Crippen LogP contribution in [0.5, 0.6) is 11.5 Å². The maximum Gasteiger partial charge on any atom is 0.174 e. The summed E-state index contributed by atoms with van der Waals surface area (Å²) in [6, 6.07) is 23.9. The molecule has 4 unspecified atom stereocenters. The van der Waals surface area contributed by atoms with Crippen LogP contribution in [0.2, 0.25) is 0 Å². The topological polar surface area (TPSA) is 80.4 Å². The molecule has 3 aromatic carbocycles. The molecule has 7 heteroatoms. The van der Waals surface area contributed by atoms with E-state index in [1.807, 2.05) is 48.5 Å². The lowest BCUT2D eigenvalue weighted by molar-refractivity contribution is -0.914. The van der Waals surface area contributed by atoms with Crippen LogP contribution < -0.4 is 26.8 Å². The lowest BCUT2D eigenvalue weighted by Gasteiger charge is -2.42. The number of methoxy groups -OCH3 is 2. The number of rotatable bonds is 8. The third kappa shape index (κ3) is 5.85. The first-order valence-corrected chi connectivity index (χ1v) is 11.6. The Balaban J connectivity index is 0.00000342. The number of hydrogen-bond donors (Lipinski definition) is 3. The molecule has 1 heterocycles. The van der Waals surface area contributed by atoms with Crippen molar-refractivity contribution in [3.63, 3.8) is 0 Å². The molecule has 1 saturated heterocycles. The summed E-state index contributed by atoms with van der Waals surface area (Å²) in [7, 11) is 3.15. The summed E-state index contributed by atoms with van der Waals surface area (Å²) >= 11 is 0. The summed E-state index contributed by atoms with van der Waals surface area (Å²) in [5, 5.41) is 22.8. The predicted octanol–water partition coefficient (Wildman–Crippen LogP) is -0.583. The molecule has 4 atom stereocenters. The first-order valence-electron chi connectivity index (χ1n) is 11.6. The molecule has 6 nitrogen and oxygen atoms in total. The molecule has 0 amide bonds. The van der Waals surface area contributed by atoms with Gasteiger partial charge in [0.05, 0.1) is 27.3 Å². The number of quaternary nitrogens is 1. The van der Waals surface area contributed by atoms with Crippen molar-refractivity contribution in [2.45, 2.75) is 18.1 Å². The fraction of sp³-hybridized carbons (Fsp3) is 0.321. The summed E-state index contributed by atoms with van der Waals surface area (Å²) in [5.41, 5.74) is 0.767. The number of benzene rings is 3. The Morgan fingerprint density at radius 2 is 1.57 bits per heavy atom. The Bertz CT molecular complexity index is 1090. The van der Waals surface area contributed by atoms with Crippen molar-refractivity contribution in [3.05, 3.63) is 95.6 Å². The fourth-order valence-electron chi connectivity index (χ4n) is 4.89. The van der Waals surface area contributed by atoms with Gasteiger partial charge in [0.2, 0.25) is 0 Å². The molecule has 1 fully saturated rings. The Morgan fingerprint density at radius 3 is 2.14 bits per heavy atom. The molecule has 0 aromatic heterocycles. The van der Waals surface area contributed by atoms with Gasteiger partial charge in [-0.05, 0) is 23.3 Å². The minimum Gasteiger partial charge on any atom is -1.00 e. The van der Waals surface area contributed by atoms with Crippen molar-refractivity contribution in [1.29, 1.82) is 0 Å². The van der Waals surface area contributed by atoms with E-state index < -0.39 is 17.6 Å². The predicted molar refractivity (Wildman–Crippen MR) is 129 cm³/mol. The van der Waals surface area contributed by atoms with E-state index in [0.29, 0.717) is 48.7 Å². The molecule has 3 N–H and O–H groups in total. The number of hydrogen-bond acceptors (Lipinski definition) is 5. The van der Waals surface area contributed by atoms with Gasteiger partial charge in [-0.15, -0.1) is 0 Å². The van der Waals surface area contributed by atoms with Gasteiger partial charge in [-0.1, -0.05) is 60.7 Å². The smallest absolute Gasteiger partial charge is 0.174 e. The molecular formula is C28H32ClNO5. The van der Waals surface area contributed by atoms with Gasteiger partial charge < -0.3 is 37.0 Å². The second kappa shape index (κ2) is 11.7. The number of carbonyl (C=O) groups is 1. The van der Waals surface area contributed by atoms with E-state index in [-0.39, 0.29) is 18.2 Å². The zero-order chi connectivity index (χ0) is 24.1. The molecule has 0 radical (unpaired) electrons. The molecule has 1 aliphatic heterocycles. The molecule has 0 aliphatic carbocycles. The van der Waals surface area contributed by atoms with Gasteiger partial charge in [0.15, 0.2) is 5.78 Å². The minimum absolute atomic E-state index is 0. The fourth-order valence-corrected chi connectivity index (χ4v) is 4.89. The van der Waals surface area contributed by atoms with Crippen molar-refractivity contribution < 1.29 is 41.8 Å². The van der Waals surface area contributed by atoms with Gasteiger partial charge in [-0.2, -0.15) is 0 Å². The van der Waals surface area contributed by atoms with Crippen LogP contribution in [-0.2, 0) is 5.60 Å². The monoisotopic (exact) mass is 497 g/mol. The van der Waals surface area contributed by atoms with Crippen LogP contribution in [0.15, 0.2) is 78.9 Å². The summed E-state index contributed by atoms with van der Waals surface area (Å²) < 4.78 is 10.7. The zero-order valence-corrected chi connectivity index (χ0v) is 20.7. The number of aliphatic hydroxyl groups excluding tert-OH is 1. The number of nitrogens with one attached hydrogen (secondary N) is 1. The highest BCUT2D eigenvalue weighted by atomic mass is 35.5. The van der Waals surface area contributed by atoms with E-state index in [2.05, 4.69) is 0 Å². The first-order chi connectivity index (χ1) is 16.4. The molecule has 0 bridgehead atoms. The van der Waals surface area contributed by atoms with Gasteiger partial charge in [-0.25, -0.2) is 0 Å². The van der Waals surface area contributed by atoms with E-state index in [0.717, 1.165) is 10.5 Å². The van der Waals surface area contributed by atoms with Crippen molar-refractivity contribution in [1.82, 2.24) is 0 Å². The highest BCUT2D eigenvalue weighted by Gasteiger charge is 2.49. The van der Waals surface area contributed by atoms with Crippen LogP contribution in [-0.4, -0.2) is 49.9 Å².